The van der Waals surface area contributed by atoms with Crippen molar-refractivity contribution in [3.63, 3.8) is 0 Å². The number of ether oxygens (including phenoxy) is 1. The highest BCUT2D eigenvalue weighted by Gasteiger charge is 2.34. The summed E-state index contributed by atoms with van der Waals surface area (Å²) in [6.45, 7) is 6.53. The Balaban J connectivity index is 1.59. The lowest BCUT2D eigenvalue weighted by Gasteiger charge is -2.21. The average molecular weight is 591 g/mol. The van der Waals surface area contributed by atoms with Crippen molar-refractivity contribution in [2.45, 2.75) is 45.7 Å². The van der Waals surface area contributed by atoms with Gasteiger partial charge in [-0.3, -0.25) is 24.3 Å². The Kier molecular flexibility index (Phi) is 9.12. The van der Waals surface area contributed by atoms with Crippen LogP contribution in [0.1, 0.15) is 49.8 Å². The van der Waals surface area contributed by atoms with Gasteiger partial charge >= 0.3 is 6.09 Å². The van der Waals surface area contributed by atoms with E-state index in [-0.39, 0.29) is 23.3 Å². The van der Waals surface area contributed by atoms with Crippen LogP contribution in [0.2, 0.25) is 0 Å². The van der Waals surface area contributed by atoms with Crippen molar-refractivity contribution >= 4 is 23.5 Å². The van der Waals surface area contributed by atoms with Crippen LogP contribution < -0.4 is 16.2 Å². The first-order valence-electron chi connectivity index (χ1n) is 13.4. The summed E-state index contributed by atoms with van der Waals surface area (Å²) in [5, 5.41) is 12.9. The van der Waals surface area contributed by atoms with Gasteiger partial charge in [-0.25, -0.2) is 14.2 Å². The third-order valence-electron chi connectivity index (χ3n) is 6.80. The van der Waals surface area contributed by atoms with E-state index in [1.165, 1.54) is 18.3 Å². The quantitative estimate of drug-likeness (QED) is 0.261. The van der Waals surface area contributed by atoms with Crippen LogP contribution in [-0.4, -0.2) is 50.7 Å². The second-order valence-corrected chi connectivity index (χ2v) is 10.6. The minimum absolute atomic E-state index is 0.136. The predicted molar refractivity (Wildman–Crippen MR) is 154 cm³/mol. The lowest BCUT2D eigenvalue weighted by Crippen LogP contribution is -2.46. The second-order valence-electron chi connectivity index (χ2n) is 10.6. The summed E-state index contributed by atoms with van der Waals surface area (Å²) < 4.78 is 24.8. The van der Waals surface area contributed by atoms with Gasteiger partial charge in [-0.05, 0) is 37.5 Å². The van der Waals surface area contributed by atoms with Gasteiger partial charge in [-0.1, -0.05) is 56.3 Å². The number of carbonyl (C=O) groups excluding carboxylic acids is 3. The number of benzene rings is 2. The Morgan fingerprint density at radius 2 is 1.72 bits per heavy atom. The van der Waals surface area contributed by atoms with Crippen molar-refractivity contribution in [3.05, 3.63) is 94.3 Å². The van der Waals surface area contributed by atoms with Crippen LogP contribution in [0, 0.1) is 11.7 Å². The summed E-state index contributed by atoms with van der Waals surface area (Å²) in [5.74, 6) is -2.08. The molecular weight excluding hydrogens is 559 g/mol. The molecule has 0 radical (unpaired) electrons. The molecule has 0 fully saturated rings. The molecule has 13 heteroatoms. The van der Waals surface area contributed by atoms with E-state index in [4.69, 9.17) is 4.42 Å². The molecule has 0 bridgehead atoms. The summed E-state index contributed by atoms with van der Waals surface area (Å²) in [6, 6.07) is 13.4. The zero-order valence-corrected chi connectivity index (χ0v) is 24.3. The van der Waals surface area contributed by atoms with E-state index >= 15 is 0 Å². The molecule has 1 atom stereocenters. The van der Waals surface area contributed by atoms with Crippen LogP contribution in [-0.2, 0) is 21.5 Å². The molecule has 2 aromatic carbocycles. The summed E-state index contributed by atoms with van der Waals surface area (Å²) in [6.07, 6.45) is 0.297. The normalized spacial score (nSPS) is 12.1. The minimum Gasteiger partial charge on any atom is -0.453 e. The zero-order chi connectivity index (χ0) is 31.3. The molecule has 0 aliphatic rings. The van der Waals surface area contributed by atoms with Crippen molar-refractivity contribution in [2.24, 2.45) is 5.92 Å². The highest BCUT2D eigenvalue weighted by atomic mass is 19.1. The molecule has 2 N–H and O–H groups in total. The highest BCUT2D eigenvalue weighted by molar-refractivity contribution is 5.98. The van der Waals surface area contributed by atoms with E-state index in [2.05, 4.69) is 30.6 Å². The fourth-order valence-electron chi connectivity index (χ4n) is 4.30. The minimum atomic E-state index is -1.07. The first kappa shape index (κ1) is 30.8. The molecule has 0 aliphatic carbocycles. The Labute approximate surface area is 246 Å². The van der Waals surface area contributed by atoms with Crippen LogP contribution in [0.25, 0.3) is 11.4 Å². The Morgan fingerprint density at radius 1 is 1.05 bits per heavy atom. The number of hydrogen-bond acceptors (Lipinski definition) is 9. The monoisotopic (exact) mass is 590 g/mol. The summed E-state index contributed by atoms with van der Waals surface area (Å²) >= 11 is 0. The molecule has 43 heavy (non-hydrogen) atoms. The maximum atomic E-state index is 13.5. The molecule has 0 spiro atoms. The Hall–Kier alpha value is -5.20. The molecule has 2 amide bonds. The summed E-state index contributed by atoms with van der Waals surface area (Å²) in [5.41, 5.74) is -0.483. The molecule has 2 heterocycles. The first-order valence-corrected chi connectivity index (χ1v) is 13.4. The molecule has 12 nitrogen and oxygen atoms in total. The predicted octanol–water partition coefficient (Wildman–Crippen LogP) is 3.96. The fourth-order valence-corrected chi connectivity index (χ4v) is 4.30. The van der Waals surface area contributed by atoms with E-state index in [9.17, 15) is 23.6 Å². The topological polar surface area (TPSA) is 158 Å². The number of rotatable bonds is 10. The van der Waals surface area contributed by atoms with Gasteiger partial charge in [-0.2, -0.15) is 0 Å². The number of methoxy groups -OCH3 is 1. The number of ketones is 1. The molecule has 2 aromatic heterocycles. The van der Waals surface area contributed by atoms with Gasteiger partial charge in [0.15, 0.2) is 0 Å². The number of aromatic nitrogens is 4. The highest BCUT2D eigenvalue weighted by Crippen LogP contribution is 2.31. The molecule has 4 rings (SSSR count). The van der Waals surface area contributed by atoms with Crippen molar-refractivity contribution in [3.8, 4) is 11.4 Å². The summed E-state index contributed by atoms with van der Waals surface area (Å²) in [4.78, 5) is 56.1. The van der Waals surface area contributed by atoms with Gasteiger partial charge in [0.1, 0.15) is 23.9 Å². The zero-order valence-electron chi connectivity index (χ0n) is 24.3. The van der Waals surface area contributed by atoms with Crippen molar-refractivity contribution < 1.29 is 27.9 Å². The van der Waals surface area contributed by atoms with Gasteiger partial charge in [0.2, 0.25) is 17.6 Å². The SMILES string of the molecule is COC(=O)Nc1cnc(-c2ccccc2)n(CC(=O)N[C@H](C(=O)c2nnc(C(C)(C)c3ccc(F)cc3)o2)C(C)C)c1=O. The van der Waals surface area contributed by atoms with Gasteiger partial charge in [0.25, 0.3) is 11.4 Å². The lowest BCUT2D eigenvalue weighted by atomic mass is 9.84. The third-order valence-corrected chi connectivity index (χ3v) is 6.80. The number of nitrogens with zero attached hydrogens (tertiary/aromatic N) is 4. The molecule has 4 aromatic rings. The fraction of sp³-hybridized carbons (Fsp3) is 0.300. The van der Waals surface area contributed by atoms with E-state index in [0.717, 1.165) is 11.7 Å². The molecule has 0 saturated carbocycles. The number of anilines is 1. The van der Waals surface area contributed by atoms with Crippen LogP contribution >= 0.6 is 0 Å². The van der Waals surface area contributed by atoms with E-state index in [1.54, 1.807) is 70.2 Å². The van der Waals surface area contributed by atoms with Gasteiger partial charge in [0.05, 0.1) is 24.8 Å². The number of carbonyl (C=O) groups is 3. The smallest absolute Gasteiger partial charge is 0.411 e. The molecular formula is C30H31FN6O6. The average Bonchev–Trinajstić information content (AvgIpc) is 3.50. The van der Waals surface area contributed by atoms with Gasteiger partial charge in [-0.15, -0.1) is 10.2 Å². The number of amides is 2. The molecule has 224 valence electrons. The van der Waals surface area contributed by atoms with Gasteiger partial charge in [0, 0.05) is 5.56 Å². The van der Waals surface area contributed by atoms with E-state index in [0.29, 0.717) is 11.1 Å². The maximum Gasteiger partial charge on any atom is 0.411 e. The van der Waals surface area contributed by atoms with E-state index in [1.807, 2.05) is 0 Å². The summed E-state index contributed by atoms with van der Waals surface area (Å²) in [7, 11) is 1.15. The Morgan fingerprint density at radius 3 is 2.35 bits per heavy atom. The van der Waals surface area contributed by atoms with E-state index < -0.39 is 53.1 Å². The molecule has 0 unspecified atom stereocenters. The number of hydrogen-bond donors (Lipinski definition) is 2. The number of halogens is 1. The van der Waals surface area contributed by atoms with Crippen LogP contribution in [0.15, 0.2) is 70.0 Å². The standard InChI is InChI=1S/C30H31FN6O6/c1-17(2)23(24(39)26-35-36-28(43-26)30(3,4)19-11-13-20(31)14-12-19)34-22(38)16-37-25(18-9-7-6-8-10-18)32-15-21(27(37)40)33-29(41)42-5/h6-15,17,23H,16H2,1-5H3,(H,33,41)(H,34,38)/t23-/m0/s1. The van der Waals surface area contributed by atoms with Crippen molar-refractivity contribution in [1.29, 1.82) is 0 Å². The van der Waals surface area contributed by atoms with Crippen LogP contribution in [0.5, 0.6) is 0 Å². The van der Waals surface area contributed by atoms with Crippen LogP contribution in [0.4, 0.5) is 14.9 Å². The van der Waals surface area contributed by atoms with Crippen molar-refractivity contribution in [2.75, 3.05) is 12.4 Å². The molecule has 0 aliphatic heterocycles. The Bertz CT molecular complexity index is 1680. The number of nitrogens with one attached hydrogen (secondary N) is 2. The van der Waals surface area contributed by atoms with Crippen LogP contribution in [0.3, 0.4) is 0 Å². The lowest BCUT2D eigenvalue weighted by molar-refractivity contribution is -0.122. The third kappa shape index (κ3) is 6.83. The molecule has 0 saturated heterocycles. The largest absolute Gasteiger partial charge is 0.453 e. The maximum absolute atomic E-state index is 13.5. The van der Waals surface area contributed by atoms with Crippen molar-refractivity contribution in [1.82, 2.24) is 25.1 Å². The first-order chi connectivity index (χ1) is 20.4. The second kappa shape index (κ2) is 12.8. The van der Waals surface area contributed by atoms with Gasteiger partial charge < -0.3 is 14.5 Å². The number of Topliss-reactive ketones (excluding diaryl/α,β-unsaturated/α-hetero) is 1.